The average Bonchev–Trinajstić information content (AvgIpc) is 3.48. The Balaban J connectivity index is 1.36. The van der Waals surface area contributed by atoms with Crippen LogP contribution in [0.15, 0.2) is 53.3 Å². The fraction of sp³-hybridized carbons (Fsp3) is 0.318. The SMILES string of the molecule is Cc1cc(CC(=O)N2CC(O)CC2C(=O)NCc2ccc(-c3cc[nH]c3)cc2)on1. The molecule has 3 heterocycles. The number of aromatic amines is 1. The van der Waals surface area contributed by atoms with Gasteiger partial charge in [-0.25, -0.2) is 0 Å². The number of hydrogen-bond donors (Lipinski definition) is 3. The molecule has 1 aromatic carbocycles. The average molecular weight is 408 g/mol. The molecule has 2 atom stereocenters. The van der Waals surface area contributed by atoms with Gasteiger partial charge in [-0.1, -0.05) is 29.4 Å². The number of carbonyl (C=O) groups is 2. The van der Waals surface area contributed by atoms with Crippen LogP contribution in [0.25, 0.3) is 11.1 Å². The Hall–Kier alpha value is -3.39. The van der Waals surface area contributed by atoms with Crippen molar-refractivity contribution in [3.8, 4) is 11.1 Å². The van der Waals surface area contributed by atoms with Crippen molar-refractivity contribution in [1.82, 2.24) is 20.4 Å². The number of benzene rings is 1. The quantitative estimate of drug-likeness (QED) is 0.576. The summed E-state index contributed by atoms with van der Waals surface area (Å²) < 4.78 is 5.10. The number of nitrogens with one attached hydrogen (secondary N) is 2. The number of H-pyrrole nitrogens is 1. The Bertz CT molecular complexity index is 1010. The Labute approximate surface area is 173 Å². The predicted octanol–water partition coefficient (Wildman–Crippen LogP) is 1.80. The third kappa shape index (κ3) is 4.44. The molecule has 2 unspecified atom stereocenters. The molecule has 8 heteroatoms. The maximum atomic E-state index is 12.7. The topological polar surface area (TPSA) is 111 Å². The number of carbonyl (C=O) groups excluding carboxylic acids is 2. The lowest BCUT2D eigenvalue weighted by molar-refractivity contribution is -0.138. The molecule has 8 nitrogen and oxygen atoms in total. The normalized spacial score (nSPS) is 18.5. The second kappa shape index (κ2) is 8.54. The van der Waals surface area contributed by atoms with Gasteiger partial charge >= 0.3 is 0 Å². The van der Waals surface area contributed by atoms with Gasteiger partial charge in [0, 0.05) is 38.0 Å². The maximum absolute atomic E-state index is 12.7. The summed E-state index contributed by atoms with van der Waals surface area (Å²) in [5, 5.41) is 16.7. The third-order valence-corrected chi connectivity index (χ3v) is 5.26. The molecule has 1 fully saturated rings. The molecule has 4 rings (SSSR count). The van der Waals surface area contributed by atoms with Crippen molar-refractivity contribution in [2.24, 2.45) is 0 Å². The van der Waals surface area contributed by atoms with E-state index in [2.05, 4.69) is 15.5 Å². The van der Waals surface area contributed by atoms with E-state index < -0.39 is 12.1 Å². The van der Waals surface area contributed by atoms with Crippen LogP contribution in [-0.4, -0.2) is 50.7 Å². The van der Waals surface area contributed by atoms with Gasteiger partial charge in [-0.15, -0.1) is 0 Å². The highest BCUT2D eigenvalue weighted by Crippen LogP contribution is 2.21. The fourth-order valence-corrected chi connectivity index (χ4v) is 3.71. The summed E-state index contributed by atoms with van der Waals surface area (Å²) in [5.41, 5.74) is 3.83. The number of rotatable bonds is 6. The second-order valence-electron chi connectivity index (χ2n) is 7.58. The van der Waals surface area contributed by atoms with Gasteiger partial charge in [0.1, 0.15) is 11.8 Å². The number of likely N-dealkylation sites (tertiary alicyclic amines) is 1. The zero-order valence-electron chi connectivity index (χ0n) is 16.7. The minimum atomic E-state index is -0.721. The third-order valence-electron chi connectivity index (χ3n) is 5.26. The van der Waals surface area contributed by atoms with Crippen molar-refractivity contribution >= 4 is 11.8 Å². The van der Waals surface area contributed by atoms with Crippen LogP contribution >= 0.6 is 0 Å². The first-order valence-corrected chi connectivity index (χ1v) is 9.89. The number of hydrogen-bond acceptors (Lipinski definition) is 5. The first kappa shape index (κ1) is 19.9. The van der Waals surface area contributed by atoms with Crippen LogP contribution < -0.4 is 5.32 Å². The minimum absolute atomic E-state index is 0.0119. The molecule has 0 radical (unpaired) electrons. The van der Waals surface area contributed by atoms with Crippen molar-refractivity contribution in [2.45, 2.75) is 38.5 Å². The highest BCUT2D eigenvalue weighted by Gasteiger charge is 2.38. The van der Waals surface area contributed by atoms with Gasteiger partial charge in [0.2, 0.25) is 11.8 Å². The van der Waals surface area contributed by atoms with E-state index in [1.165, 1.54) is 4.90 Å². The lowest BCUT2D eigenvalue weighted by atomic mass is 10.1. The van der Waals surface area contributed by atoms with Crippen LogP contribution in [0.2, 0.25) is 0 Å². The van der Waals surface area contributed by atoms with Gasteiger partial charge in [-0.3, -0.25) is 9.59 Å². The van der Waals surface area contributed by atoms with Crippen molar-refractivity contribution in [3.05, 3.63) is 65.8 Å². The number of aromatic nitrogens is 2. The lowest BCUT2D eigenvalue weighted by Gasteiger charge is -2.23. The number of β-amino-alcohol motifs (C(OH)–C–C–N with tert-alkyl or cyclic N) is 1. The van der Waals surface area contributed by atoms with E-state index in [4.69, 9.17) is 4.52 Å². The van der Waals surface area contributed by atoms with Crippen LogP contribution in [0, 0.1) is 6.92 Å². The minimum Gasteiger partial charge on any atom is -0.391 e. The van der Waals surface area contributed by atoms with Crippen LogP contribution in [0.1, 0.15) is 23.4 Å². The monoisotopic (exact) mass is 408 g/mol. The molecule has 0 saturated carbocycles. The van der Waals surface area contributed by atoms with E-state index >= 15 is 0 Å². The molecule has 3 aromatic rings. The smallest absolute Gasteiger partial charge is 0.243 e. The Kier molecular flexibility index (Phi) is 5.67. The summed E-state index contributed by atoms with van der Waals surface area (Å²) in [6.45, 7) is 2.26. The van der Waals surface area contributed by atoms with E-state index in [-0.39, 0.29) is 31.2 Å². The lowest BCUT2D eigenvalue weighted by Crippen LogP contribution is -2.46. The largest absolute Gasteiger partial charge is 0.391 e. The molecule has 2 aromatic heterocycles. The van der Waals surface area contributed by atoms with Gasteiger partial charge in [-0.2, -0.15) is 0 Å². The fourth-order valence-electron chi connectivity index (χ4n) is 3.71. The summed E-state index contributed by atoms with van der Waals surface area (Å²) in [6, 6.07) is 10.9. The molecule has 3 N–H and O–H groups in total. The molecule has 1 saturated heterocycles. The van der Waals surface area contributed by atoms with Crippen molar-refractivity contribution < 1.29 is 19.2 Å². The van der Waals surface area contributed by atoms with Gasteiger partial charge in [0.25, 0.3) is 0 Å². The van der Waals surface area contributed by atoms with E-state index in [0.29, 0.717) is 18.0 Å². The molecule has 1 aliphatic rings. The summed E-state index contributed by atoms with van der Waals surface area (Å²) in [7, 11) is 0. The molecule has 0 spiro atoms. The Morgan fingerprint density at radius 3 is 2.73 bits per heavy atom. The standard InChI is InChI=1S/C22H24N4O4/c1-14-8-19(30-25-14)10-21(28)26-13-18(27)9-20(26)22(29)24-11-15-2-4-16(5-3-15)17-6-7-23-12-17/h2-8,12,18,20,23,27H,9-11,13H2,1H3,(H,24,29). The van der Waals surface area contributed by atoms with Crippen molar-refractivity contribution in [1.29, 1.82) is 0 Å². The summed E-state index contributed by atoms with van der Waals surface area (Å²) in [5.74, 6) is -0.0948. The number of aliphatic hydroxyl groups excluding tert-OH is 1. The molecule has 0 aliphatic carbocycles. The molecule has 0 bridgehead atoms. The van der Waals surface area contributed by atoms with Crippen LogP contribution in [-0.2, 0) is 22.6 Å². The molecular formula is C22H24N4O4. The number of aryl methyl sites for hydroxylation is 1. The first-order valence-electron chi connectivity index (χ1n) is 9.89. The summed E-state index contributed by atoms with van der Waals surface area (Å²) >= 11 is 0. The maximum Gasteiger partial charge on any atom is 0.243 e. The number of amides is 2. The van der Waals surface area contributed by atoms with Gasteiger partial charge < -0.3 is 24.8 Å². The molecular weight excluding hydrogens is 384 g/mol. The van der Waals surface area contributed by atoms with Crippen molar-refractivity contribution in [2.75, 3.05) is 6.54 Å². The second-order valence-corrected chi connectivity index (χ2v) is 7.58. The summed E-state index contributed by atoms with van der Waals surface area (Å²) in [6.07, 6.45) is 3.31. The number of nitrogens with zero attached hydrogens (tertiary/aromatic N) is 2. The van der Waals surface area contributed by atoms with E-state index in [1.54, 1.807) is 13.0 Å². The van der Waals surface area contributed by atoms with Crippen LogP contribution in [0.5, 0.6) is 0 Å². The highest BCUT2D eigenvalue weighted by molar-refractivity contribution is 5.89. The van der Waals surface area contributed by atoms with E-state index in [0.717, 1.165) is 16.7 Å². The Morgan fingerprint density at radius 1 is 1.27 bits per heavy atom. The predicted molar refractivity (Wildman–Crippen MR) is 109 cm³/mol. The van der Waals surface area contributed by atoms with E-state index in [9.17, 15) is 14.7 Å². The van der Waals surface area contributed by atoms with Crippen LogP contribution in [0.4, 0.5) is 0 Å². The highest BCUT2D eigenvalue weighted by atomic mass is 16.5. The molecule has 2 amide bonds. The first-order chi connectivity index (χ1) is 14.5. The van der Waals surface area contributed by atoms with Gasteiger partial charge in [0.05, 0.1) is 18.2 Å². The molecule has 1 aliphatic heterocycles. The summed E-state index contributed by atoms with van der Waals surface area (Å²) in [4.78, 5) is 29.8. The number of aliphatic hydroxyl groups is 1. The van der Waals surface area contributed by atoms with Crippen LogP contribution in [0.3, 0.4) is 0 Å². The molecule has 156 valence electrons. The van der Waals surface area contributed by atoms with E-state index in [1.807, 2.05) is 42.7 Å². The molecule has 30 heavy (non-hydrogen) atoms. The van der Waals surface area contributed by atoms with Gasteiger partial charge in [-0.05, 0) is 29.7 Å². The zero-order chi connectivity index (χ0) is 21.1. The zero-order valence-corrected chi connectivity index (χ0v) is 16.7. The Morgan fingerprint density at radius 2 is 2.07 bits per heavy atom. The van der Waals surface area contributed by atoms with Crippen molar-refractivity contribution in [3.63, 3.8) is 0 Å². The van der Waals surface area contributed by atoms with Gasteiger partial charge in [0.15, 0.2) is 0 Å².